The van der Waals surface area contributed by atoms with E-state index >= 15 is 0 Å². The van der Waals surface area contributed by atoms with Gasteiger partial charge in [-0.1, -0.05) is 0 Å². The fourth-order valence-electron chi connectivity index (χ4n) is 1.75. The number of hydrogen-bond donors (Lipinski definition) is 1. The van der Waals surface area contributed by atoms with Crippen molar-refractivity contribution < 1.29 is 13.9 Å². The molecule has 114 valence electrons. The molecule has 0 saturated carbocycles. The molecule has 0 aliphatic rings. The van der Waals surface area contributed by atoms with Crippen LogP contribution < -0.4 is 10.1 Å². The number of anilines is 1. The third-order valence-corrected chi connectivity index (χ3v) is 2.82. The lowest BCUT2D eigenvalue weighted by Crippen LogP contribution is -2.14. The van der Waals surface area contributed by atoms with E-state index in [1.807, 2.05) is 0 Å². The number of aromatic nitrogens is 3. The van der Waals surface area contributed by atoms with Gasteiger partial charge in [0, 0.05) is 12.4 Å². The number of rotatable bonds is 4. The van der Waals surface area contributed by atoms with Crippen LogP contribution in [0.15, 0.2) is 61.2 Å². The Hall–Kier alpha value is -3.35. The van der Waals surface area contributed by atoms with Gasteiger partial charge in [0.1, 0.15) is 28.8 Å². The first-order valence-electron chi connectivity index (χ1n) is 6.67. The Kier molecular flexibility index (Phi) is 4.19. The number of carbonyl (C=O) groups is 1. The lowest BCUT2D eigenvalue weighted by Gasteiger charge is -2.07. The van der Waals surface area contributed by atoms with E-state index in [1.54, 1.807) is 12.1 Å². The van der Waals surface area contributed by atoms with Crippen molar-refractivity contribution in [3.8, 4) is 11.5 Å². The summed E-state index contributed by atoms with van der Waals surface area (Å²) in [6, 6.07) is 8.87. The van der Waals surface area contributed by atoms with Crippen molar-refractivity contribution in [2.24, 2.45) is 0 Å². The quantitative estimate of drug-likeness (QED) is 0.801. The fraction of sp³-hybridized carbons (Fsp3) is 0. The zero-order chi connectivity index (χ0) is 16.1. The molecule has 0 bridgehead atoms. The number of benzene rings is 1. The SMILES string of the molecule is O=C(Nc1ccc(Oc2ccc(F)cc2)cn1)c1cnccn1. The first-order chi connectivity index (χ1) is 11.2. The van der Waals surface area contributed by atoms with Crippen LogP contribution in [0.5, 0.6) is 11.5 Å². The topological polar surface area (TPSA) is 77.0 Å². The van der Waals surface area contributed by atoms with Gasteiger partial charge in [0.05, 0.1) is 12.4 Å². The Morgan fingerprint density at radius 2 is 1.74 bits per heavy atom. The molecular weight excluding hydrogens is 299 g/mol. The maximum atomic E-state index is 12.8. The van der Waals surface area contributed by atoms with Crippen molar-refractivity contribution in [1.29, 1.82) is 0 Å². The largest absolute Gasteiger partial charge is 0.456 e. The third-order valence-electron chi connectivity index (χ3n) is 2.82. The molecule has 3 rings (SSSR count). The summed E-state index contributed by atoms with van der Waals surface area (Å²) in [6.45, 7) is 0. The predicted molar refractivity (Wildman–Crippen MR) is 80.7 cm³/mol. The van der Waals surface area contributed by atoms with Crippen LogP contribution in [0.2, 0.25) is 0 Å². The number of hydrogen-bond acceptors (Lipinski definition) is 5. The molecule has 2 aromatic heterocycles. The number of nitrogens with zero attached hydrogens (tertiary/aromatic N) is 3. The van der Waals surface area contributed by atoms with Gasteiger partial charge in [-0.3, -0.25) is 9.78 Å². The summed E-state index contributed by atoms with van der Waals surface area (Å²) in [5.74, 6) is 0.570. The van der Waals surface area contributed by atoms with Gasteiger partial charge in [-0.15, -0.1) is 0 Å². The second kappa shape index (κ2) is 6.61. The molecule has 0 radical (unpaired) electrons. The molecule has 0 spiro atoms. The Labute approximate surface area is 131 Å². The molecule has 2 heterocycles. The molecule has 6 nitrogen and oxygen atoms in total. The van der Waals surface area contributed by atoms with Crippen molar-refractivity contribution >= 4 is 11.7 Å². The maximum absolute atomic E-state index is 12.8. The molecule has 0 atom stereocenters. The number of amides is 1. The Balaban J connectivity index is 1.65. The minimum absolute atomic E-state index is 0.195. The van der Waals surface area contributed by atoms with Gasteiger partial charge in [0.15, 0.2) is 0 Å². The zero-order valence-electron chi connectivity index (χ0n) is 11.8. The number of nitrogens with one attached hydrogen (secondary N) is 1. The van der Waals surface area contributed by atoms with Gasteiger partial charge in [-0.2, -0.15) is 0 Å². The predicted octanol–water partition coefficient (Wildman–Crippen LogP) is 3.06. The van der Waals surface area contributed by atoms with Crippen LogP contribution in [0, 0.1) is 5.82 Å². The van der Waals surface area contributed by atoms with Crippen LogP contribution in [0.3, 0.4) is 0 Å². The minimum atomic E-state index is -0.405. The molecule has 0 aliphatic heterocycles. The lowest BCUT2D eigenvalue weighted by molar-refractivity contribution is 0.102. The summed E-state index contributed by atoms with van der Waals surface area (Å²) in [5.41, 5.74) is 0.195. The van der Waals surface area contributed by atoms with E-state index in [4.69, 9.17) is 4.74 Å². The monoisotopic (exact) mass is 310 g/mol. The summed E-state index contributed by atoms with van der Waals surface area (Å²) in [5, 5.41) is 2.60. The molecule has 1 N–H and O–H groups in total. The van der Waals surface area contributed by atoms with Crippen molar-refractivity contribution in [3.63, 3.8) is 0 Å². The summed E-state index contributed by atoms with van der Waals surface area (Å²) in [4.78, 5) is 23.7. The Morgan fingerprint density at radius 3 is 2.39 bits per heavy atom. The summed E-state index contributed by atoms with van der Waals surface area (Å²) in [7, 11) is 0. The van der Waals surface area contributed by atoms with Gasteiger partial charge < -0.3 is 10.1 Å². The van der Waals surface area contributed by atoms with E-state index < -0.39 is 5.91 Å². The number of carbonyl (C=O) groups excluding carboxylic acids is 1. The van der Waals surface area contributed by atoms with E-state index in [0.717, 1.165) is 0 Å². The van der Waals surface area contributed by atoms with E-state index in [9.17, 15) is 9.18 Å². The van der Waals surface area contributed by atoms with Crippen LogP contribution in [-0.2, 0) is 0 Å². The fourth-order valence-corrected chi connectivity index (χ4v) is 1.75. The molecule has 23 heavy (non-hydrogen) atoms. The van der Waals surface area contributed by atoms with Crippen LogP contribution in [0.25, 0.3) is 0 Å². The molecule has 7 heteroatoms. The highest BCUT2D eigenvalue weighted by atomic mass is 19.1. The molecular formula is C16H11FN4O2. The second-order valence-corrected chi connectivity index (χ2v) is 4.48. The van der Waals surface area contributed by atoms with Gasteiger partial charge in [-0.05, 0) is 36.4 Å². The first kappa shape index (κ1) is 14.6. The zero-order valence-corrected chi connectivity index (χ0v) is 11.8. The molecule has 0 fully saturated rings. The van der Waals surface area contributed by atoms with E-state index in [-0.39, 0.29) is 11.5 Å². The van der Waals surface area contributed by atoms with Crippen molar-refractivity contribution in [3.05, 3.63) is 72.7 Å². The second-order valence-electron chi connectivity index (χ2n) is 4.48. The first-order valence-corrected chi connectivity index (χ1v) is 6.67. The number of ether oxygens (including phenoxy) is 1. The Morgan fingerprint density at radius 1 is 0.957 bits per heavy atom. The molecule has 0 unspecified atom stereocenters. The molecule has 1 aromatic carbocycles. The highest BCUT2D eigenvalue weighted by Crippen LogP contribution is 2.21. The van der Waals surface area contributed by atoms with E-state index in [2.05, 4.69) is 20.3 Å². The van der Waals surface area contributed by atoms with Gasteiger partial charge >= 0.3 is 0 Å². The highest BCUT2D eigenvalue weighted by Gasteiger charge is 2.08. The van der Waals surface area contributed by atoms with E-state index in [1.165, 1.54) is 49.1 Å². The van der Waals surface area contributed by atoms with Gasteiger partial charge in [0.2, 0.25) is 0 Å². The smallest absolute Gasteiger partial charge is 0.277 e. The molecule has 1 amide bonds. The van der Waals surface area contributed by atoms with Gasteiger partial charge in [-0.25, -0.2) is 14.4 Å². The van der Waals surface area contributed by atoms with E-state index in [0.29, 0.717) is 17.3 Å². The van der Waals surface area contributed by atoms with Crippen molar-refractivity contribution in [2.75, 3.05) is 5.32 Å². The number of halogens is 1. The third kappa shape index (κ3) is 3.85. The maximum Gasteiger partial charge on any atom is 0.277 e. The molecule has 0 aliphatic carbocycles. The Bertz CT molecular complexity index is 793. The minimum Gasteiger partial charge on any atom is -0.456 e. The van der Waals surface area contributed by atoms with Crippen LogP contribution >= 0.6 is 0 Å². The lowest BCUT2D eigenvalue weighted by atomic mass is 10.3. The average molecular weight is 310 g/mol. The average Bonchev–Trinajstić information content (AvgIpc) is 2.59. The summed E-state index contributed by atoms with van der Waals surface area (Å²) in [6.07, 6.45) is 5.73. The normalized spacial score (nSPS) is 10.1. The van der Waals surface area contributed by atoms with Gasteiger partial charge in [0.25, 0.3) is 5.91 Å². The summed E-state index contributed by atoms with van der Waals surface area (Å²) < 4.78 is 18.3. The summed E-state index contributed by atoms with van der Waals surface area (Å²) >= 11 is 0. The van der Waals surface area contributed by atoms with Crippen LogP contribution in [0.4, 0.5) is 10.2 Å². The molecule has 3 aromatic rings. The van der Waals surface area contributed by atoms with Crippen molar-refractivity contribution in [1.82, 2.24) is 15.0 Å². The standard InChI is InChI=1S/C16H11FN4O2/c17-11-1-3-12(4-2-11)23-13-5-6-15(20-9-13)21-16(22)14-10-18-7-8-19-14/h1-10H,(H,20,21,22). The number of pyridine rings is 1. The van der Waals surface area contributed by atoms with Crippen LogP contribution in [-0.4, -0.2) is 20.9 Å². The molecule has 0 saturated heterocycles. The van der Waals surface area contributed by atoms with Crippen molar-refractivity contribution in [2.45, 2.75) is 0 Å². The van der Waals surface area contributed by atoms with Crippen LogP contribution in [0.1, 0.15) is 10.5 Å². The highest BCUT2D eigenvalue weighted by molar-refractivity contribution is 6.02.